The smallest absolute Gasteiger partial charge is 0.333 e. The van der Waals surface area contributed by atoms with Gasteiger partial charge in [-0.05, 0) is 13.8 Å². The van der Waals surface area contributed by atoms with Crippen LogP contribution >= 0.6 is 0 Å². The van der Waals surface area contributed by atoms with E-state index >= 15 is 0 Å². The zero-order valence-corrected chi connectivity index (χ0v) is 14.0. The number of hydrogen-bond donors (Lipinski definition) is 1. The molecular formula is C10H24Br2N2O2. The van der Waals surface area contributed by atoms with Gasteiger partial charge in [-0.1, -0.05) is 6.58 Å². The summed E-state index contributed by atoms with van der Waals surface area (Å²) in [5.41, 5.74) is 0.460. The normalized spacial score (nSPS) is 9.00. The van der Waals surface area contributed by atoms with E-state index in [0.29, 0.717) is 12.2 Å². The third kappa shape index (κ3) is 12.2. The molecule has 0 aliphatic carbocycles. The van der Waals surface area contributed by atoms with Gasteiger partial charge in [0.05, 0.1) is 20.6 Å². The highest BCUT2D eigenvalue weighted by Gasteiger charge is 2.12. The molecule has 0 fully saturated rings. The molecule has 0 aliphatic heterocycles. The van der Waals surface area contributed by atoms with Gasteiger partial charge in [-0.15, -0.1) is 0 Å². The summed E-state index contributed by atoms with van der Waals surface area (Å²) in [4.78, 5) is 11.0. The maximum atomic E-state index is 11.0. The lowest BCUT2D eigenvalue weighted by atomic mass is 10.4. The summed E-state index contributed by atoms with van der Waals surface area (Å²) in [6, 6.07) is 0. The Kier molecular flexibility index (Phi) is 18.1. The number of esters is 1. The minimum Gasteiger partial charge on any atom is -1.00 e. The third-order valence-corrected chi connectivity index (χ3v) is 2.13. The van der Waals surface area contributed by atoms with Crippen molar-refractivity contribution in [3.63, 3.8) is 0 Å². The molecule has 0 saturated carbocycles. The van der Waals surface area contributed by atoms with Gasteiger partial charge in [-0.25, -0.2) is 4.79 Å². The Morgan fingerprint density at radius 2 is 1.75 bits per heavy atom. The molecule has 6 heteroatoms. The molecule has 0 bridgehead atoms. The molecule has 0 amide bonds. The Hall–Kier alpha value is 0.0900. The van der Waals surface area contributed by atoms with E-state index in [4.69, 9.17) is 4.74 Å². The van der Waals surface area contributed by atoms with Crippen molar-refractivity contribution in [2.45, 2.75) is 13.8 Å². The highest BCUT2D eigenvalue weighted by Crippen LogP contribution is 1.97. The minimum atomic E-state index is -0.295. The van der Waals surface area contributed by atoms with Gasteiger partial charge in [-0.2, -0.15) is 0 Å². The molecule has 0 radical (unpaired) electrons. The van der Waals surface area contributed by atoms with E-state index in [0.717, 1.165) is 17.6 Å². The van der Waals surface area contributed by atoms with Crippen molar-refractivity contribution in [1.82, 2.24) is 6.15 Å². The monoisotopic (exact) mass is 362 g/mol. The standard InChI is InChI=1S/C10H20NO2.2BrH.H3N/c1-6-11(4,5)7-8-13-10(12)9(2)3;;;/h2,6-8H2,1,3-5H3;2*1H;1H3/q+1;;;/p-1. The predicted octanol–water partition coefficient (Wildman–Crippen LogP) is -4.41. The number of hydrogen-bond acceptors (Lipinski definition) is 2. The number of likely N-dealkylation sites (N-methyl/N-ethyl adjacent to an activating group) is 1. The number of rotatable bonds is 5. The van der Waals surface area contributed by atoms with Crippen molar-refractivity contribution < 1.29 is 48.0 Å². The van der Waals surface area contributed by atoms with Gasteiger partial charge in [0.2, 0.25) is 0 Å². The molecular weight excluding hydrogens is 340 g/mol. The van der Waals surface area contributed by atoms with Crippen LogP contribution in [0.4, 0.5) is 0 Å². The van der Waals surface area contributed by atoms with Crippen molar-refractivity contribution >= 4 is 5.97 Å². The number of ether oxygens (including phenoxy) is 1. The molecule has 0 saturated heterocycles. The topological polar surface area (TPSA) is 62.8 Å². The van der Waals surface area contributed by atoms with E-state index in [1.165, 1.54) is 0 Å². The van der Waals surface area contributed by atoms with Crippen LogP contribution in [0.15, 0.2) is 12.2 Å². The molecule has 4 N–H and O–H groups in total. The van der Waals surface area contributed by atoms with Gasteiger partial charge in [0.25, 0.3) is 0 Å². The summed E-state index contributed by atoms with van der Waals surface area (Å²) in [7, 11) is 4.21. The fourth-order valence-electron chi connectivity index (χ4n) is 0.667. The average Bonchev–Trinajstić information content (AvgIpc) is 2.04. The predicted molar refractivity (Wildman–Crippen MR) is 59.3 cm³/mol. The van der Waals surface area contributed by atoms with E-state index < -0.39 is 0 Å². The van der Waals surface area contributed by atoms with Crippen molar-refractivity contribution in [3.8, 4) is 0 Å². The van der Waals surface area contributed by atoms with Gasteiger partial charge in [0, 0.05) is 5.57 Å². The second kappa shape index (κ2) is 11.6. The van der Waals surface area contributed by atoms with Crippen LogP contribution in [0.2, 0.25) is 0 Å². The first kappa shape index (κ1) is 25.1. The van der Waals surface area contributed by atoms with Crippen LogP contribution in [-0.4, -0.2) is 44.2 Å². The molecule has 0 atom stereocenters. The molecule has 0 rings (SSSR count). The maximum Gasteiger partial charge on any atom is 0.333 e. The van der Waals surface area contributed by atoms with Gasteiger partial charge in [-0.3, -0.25) is 0 Å². The lowest BCUT2D eigenvalue weighted by molar-refractivity contribution is -0.888. The van der Waals surface area contributed by atoms with Crippen molar-refractivity contribution in [1.29, 1.82) is 0 Å². The molecule has 0 aromatic rings. The molecule has 100 valence electrons. The van der Waals surface area contributed by atoms with Crippen LogP contribution in [0.3, 0.4) is 0 Å². The fraction of sp³-hybridized carbons (Fsp3) is 0.700. The number of halogens is 2. The largest absolute Gasteiger partial charge is 1.00 e. The number of nitrogens with zero attached hydrogens (tertiary/aromatic N) is 1. The summed E-state index contributed by atoms with van der Waals surface area (Å²) in [5.74, 6) is -0.295. The minimum absolute atomic E-state index is 0. The third-order valence-electron chi connectivity index (χ3n) is 2.13. The number of quaternary nitrogens is 2. The van der Waals surface area contributed by atoms with Crippen LogP contribution < -0.4 is 40.1 Å². The number of carbonyl (C=O) groups excluding carboxylic acids is 1. The highest BCUT2D eigenvalue weighted by atomic mass is 79.9. The summed E-state index contributed by atoms with van der Waals surface area (Å²) in [6.45, 7) is 9.62. The Morgan fingerprint density at radius 1 is 1.31 bits per heavy atom. The Bertz CT molecular complexity index is 209. The molecule has 0 spiro atoms. The van der Waals surface area contributed by atoms with Crippen molar-refractivity contribution in [2.24, 2.45) is 0 Å². The summed E-state index contributed by atoms with van der Waals surface area (Å²) < 4.78 is 5.85. The SMILES string of the molecule is C=C(C)C(=O)OCC[N+](C)(C)CC.[Br-].[Br-].[NH4+]. The summed E-state index contributed by atoms with van der Waals surface area (Å²) in [5, 5.41) is 0. The van der Waals surface area contributed by atoms with Gasteiger partial charge in [0.15, 0.2) is 0 Å². The first-order valence-electron chi connectivity index (χ1n) is 4.53. The second-order valence-corrected chi connectivity index (χ2v) is 3.89. The molecule has 0 aliphatic rings. The van der Waals surface area contributed by atoms with Crippen LogP contribution in [0.5, 0.6) is 0 Å². The Labute approximate surface area is 120 Å². The summed E-state index contributed by atoms with van der Waals surface area (Å²) >= 11 is 0. The second-order valence-electron chi connectivity index (χ2n) is 3.89. The van der Waals surface area contributed by atoms with Gasteiger partial charge >= 0.3 is 5.97 Å². The zero-order chi connectivity index (χ0) is 10.5. The van der Waals surface area contributed by atoms with Crippen LogP contribution in [0, 0.1) is 0 Å². The van der Waals surface area contributed by atoms with E-state index in [9.17, 15) is 4.79 Å². The molecule has 0 heterocycles. The van der Waals surface area contributed by atoms with Crippen LogP contribution in [0.25, 0.3) is 0 Å². The molecule has 0 aromatic heterocycles. The van der Waals surface area contributed by atoms with Gasteiger partial charge < -0.3 is 49.3 Å². The lowest BCUT2D eigenvalue weighted by Gasteiger charge is -2.27. The van der Waals surface area contributed by atoms with Crippen LogP contribution in [-0.2, 0) is 9.53 Å². The van der Waals surface area contributed by atoms with Crippen molar-refractivity contribution in [2.75, 3.05) is 33.8 Å². The Balaban J connectivity index is -0.000000240. The Morgan fingerprint density at radius 3 is 2.06 bits per heavy atom. The molecule has 4 nitrogen and oxygen atoms in total. The summed E-state index contributed by atoms with van der Waals surface area (Å²) in [6.07, 6.45) is 0. The molecule has 0 aromatic carbocycles. The van der Waals surface area contributed by atoms with Crippen LogP contribution in [0.1, 0.15) is 13.8 Å². The number of carbonyl (C=O) groups is 1. The van der Waals surface area contributed by atoms with E-state index in [1.54, 1.807) is 6.92 Å². The first-order valence-corrected chi connectivity index (χ1v) is 4.53. The van der Waals surface area contributed by atoms with Crippen molar-refractivity contribution in [3.05, 3.63) is 12.2 Å². The van der Waals surface area contributed by atoms with E-state index in [-0.39, 0.29) is 46.1 Å². The molecule has 0 unspecified atom stereocenters. The first-order chi connectivity index (χ1) is 5.89. The maximum absolute atomic E-state index is 11.0. The average molecular weight is 364 g/mol. The zero-order valence-electron chi connectivity index (χ0n) is 10.8. The lowest BCUT2D eigenvalue weighted by Crippen LogP contribution is -3.00. The highest BCUT2D eigenvalue weighted by molar-refractivity contribution is 5.86. The van der Waals surface area contributed by atoms with E-state index in [1.807, 2.05) is 0 Å². The quantitative estimate of drug-likeness (QED) is 0.304. The fourth-order valence-corrected chi connectivity index (χ4v) is 0.667. The van der Waals surface area contributed by atoms with Gasteiger partial charge in [0.1, 0.15) is 13.2 Å². The van der Waals surface area contributed by atoms with E-state index in [2.05, 4.69) is 27.6 Å². The molecule has 16 heavy (non-hydrogen) atoms.